The van der Waals surface area contributed by atoms with Crippen molar-refractivity contribution in [3.05, 3.63) is 64.2 Å². The van der Waals surface area contributed by atoms with Crippen LogP contribution in [-0.4, -0.2) is 18.5 Å². The Bertz CT molecular complexity index is 941. The minimum absolute atomic E-state index is 0.129. The smallest absolute Gasteiger partial charge is 0.343 e. The highest BCUT2D eigenvalue weighted by atomic mass is 16.5. The summed E-state index contributed by atoms with van der Waals surface area (Å²) >= 11 is 0. The van der Waals surface area contributed by atoms with Gasteiger partial charge in [-0.1, -0.05) is 71.4 Å². The number of ether oxygens (including phenoxy) is 2. The van der Waals surface area contributed by atoms with Gasteiger partial charge in [0.2, 0.25) is 0 Å². The molecule has 0 amide bonds. The third-order valence-electron chi connectivity index (χ3n) is 5.35. The first-order chi connectivity index (χ1) is 14.3. The van der Waals surface area contributed by atoms with Crippen LogP contribution in [0.25, 0.3) is 0 Å². The lowest BCUT2D eigenvalue weighted by Crippen LogP contribution is -2.30. The summed E-state index contributed by atoms with van der Waals surface area (Å²) in [6, 6.07) is 11.3. The van der Waals surface area contributed by atoms with E-state index >= 15 is 0 Å². The van der Waals surface area contributed by atoms with Crippen LogP contribution in [0.2, 0.25) is 0 Å². The highest BCUT2D eigenvalue weighted by Crippen LogP contribution is 2.44. The predicted molar refractivity (Wildman–Crippen MR) is 125 cm³/mol. The monoisotopic (exact) mass is 424 g/mol. The zero-order valence-corrected chi connectivity index (χ0v) is 20.4. The van der Waals surface area contributed by atoms with Crippen molar-refractivity contribution in [1.29, 1.82) is 0 Å². The molecule has 0 aromatic heterocycles. The second-order valence-electron chi connectivity index (χ2n) is 10.3. The van der Waals surface area contributed by atoms with Crippen molar-refractivity contribution in [3.8, 4) is 5.75 Å². The second-order valence-corrected chi connectivity index (χ2v) is 10.3. The highest BCUT2D eigenvalue weighted by Gasteiger charge is 2.38. The molecule has 0 saturated carbocycles. The van der Waals surface area contributed by atoms with Gasteiger partial charge in [0.25, 0.3) is 0 Å². The molecule has 4 nitrogen and oxygen atoms in total. The largest absolute Gasteiger partial charge is 0.466 e. The molecule has 0 radical (unpaired) electrons. The van der Waals surface area contributed by atoms with Crippen LogP contribution >= 0.6 is 0 Å². The van der Waals surface area contributed by atoms with Crippen LogP contribution in [0.1, 0.15) is 87.0 Å². The zero-order chi connectivity index (χ0) is 23.6. The Hall–Kier alpha value is -2.62. The van der Waals surface area contributed by atoms with Crippen LogP contribution in [0, 0.1) is 19.3 Å². The summed E-state index contributed by atoms with van der Waals surface area (Å²) in [5.74, 6) is -0.890. The number of carbonyl (C=O) groups excluding carboxylic acids is 2. The summed E-state index contributed by atoms with van der Waals surface area (Å²) in [5, 5.41) is 0. The second kappa shape index (κ2) is 9.25. The molecule has 0 N–H and O–H groups in total. The number of rotatable bonds is 5. The highest BCUT2D eigenvalue weighted by molar-refractivity contribution is 5.92. The van der Waals surface area contributed by atoms with Crippen molar-refractivity contribution in [2.24, 2.45) is 5.41 Å². The number of esters is 2. The quantitative estimate of drug-likeness (QED) is 0.405. The van der Waals surface area contributed by atoms with Crippen LogP contribution in [-0.2, 0) is 14.9 Å². The lowest BCUT2D eigenvalue weighted by atomic mass is 9.74. The molecule has 0 aliphatic carbocycles. The van der Waals surface area contributed by atoms with Crippen molar-refractivity contribution < 1.29 is 19.1 Å². The van der Waals surface area contributed by atoms with Gasteiger partial charge in [0.1, 0.15) is 5.75 Å². The van der Waals surface area contributed by atoms with Crippen LogP contribution in [0.4, 0.5) is 0 Å². The number of hydrogen-bond acceptors (Lipinski definition) is 4. The van der Waals surface area contributed by atoms with E-state index in [1.165, 1.54) is 0 Å². The summed E-state index contributed by atoms with van der Waals surface area (Å²) in [5.41, 5.74) is 3.57. The number of hydrogen-bond donors (Lipinski definition) is 0. The van der Waals surface area contributed by atoms with Gasteiger partial charge in [0.15, 0.2) is 0 Å². The zero-order valence-electron chi connectivity index (χ0n) is 20.4. The van der Waals surface area contributed by atoms with Gasteiger partial charge in [-0.05, 0) is 54.9 Å². The number of aryl methyl sites for hydroxylation is 2. The molecule has 1 atom stereocenters. The minimum atomic E-state index is -0.575. The summed E-state index contributed by atoms with van der Waals surface area (Å²) in [6.07, 6.45) is 0. The van der Waals surface area contributed by atoms with E-state index in [0.717, 1.165) is 16.7 Å². The third-order valence-corrected chi connectivity index (χ3v) is 5.35. The molecule has 0 saturated heterocycles. The van der Waals surface area contributed by atoms with E-state index in [0.29, 0.717) is 23.5 Å². The lowest BCUT2D eigenvalue weighted by Gasteiger charge is -2.32. The van der Waals surface area contributed by atoms with E-state index < -0.39 is 17.3 Å². The van der Waals surface area contributed by atoms with Gasteiger partial charge in [0, 0.05) is 5.56 Å². The average Bonchev–Trinajstić information content (AvgIpc) is 2.63. The van der Waals surface area contributed by atoms with Crippen molar-refractivity contribution >= 4 is 11.9 Å². The Morgan fingerprint density at radius 2 is 1.52 bits per heavy atom. The van der Waals surface area contributed by atoms with Gasteiger partial charge in [0.05, 0.1) is 18.1 Å². The lowest BCUT2D eigenvalue weighted by molar-refractivity contribution is -0.147. The number of benzene rings is 2. The summed E-state index contributed by atoms with van der Waals surface area (Å²) in [7, 11) is 0. The summed E-state index contributed by atoms with van der Waals surface area (Å²) in [6.45, 7) is 18.4. The average molecular weight is 425 g/mol. The van der Waals surface area contributed by atoms with Crippen molar-refractivity contribution in [3.63, 3.8) is 0 Å². The van der Waals surface area contributed by atoms with Crippen LogP contribution in [0.3, 0.4) is 0 Å². The molecule has 0 bridgehead atoms. The van der Waals surface area contributed by atoms with Crippen molar-refractivity contribution in [1.82, 2.24) is 0 Å². The maximum absolute atomic E-state index is 13.0. The fraction of sp³-hybridized carbons (Fsp3) is 0.481. The topological polar surface area (TPSA) is 52.6 Å². The summed E-state index contributed by atoms with van der Waals surface area (Å²) < 4.78 is 11.4. The number of carbonyl (C=O) groups is 2. The molecule has 168 valence electrons. The van der Waals surface area contributed by atoms with Crippen molar-refractivity contribution in [2.45, 2.75) is 73.6 Å². The van der Waals surface area contributed by atoms with Gasteiger partial charge in [-0.25, -0.2) is 4.79 Å². The van der Waals surface area contributed by atoms with E-state index in [4.69, 9.17) is 9.47 Å². The van der Waals surface area contributed by atoms with Gasteiger partial charge >= 0.3 is 11.9 Å². The SMILES string of the molecule is CCOC(=O)C(c1cc(C(C)(C)C)cc(C)c1OC(=O)c1ccc(C)cc1)C(C)(C)C. The van der Waals surface area contributed by atoms with E-state index in [1.807, 2.05) is 58.9 Å². The first-order valence-electron chi connectivity index (χ1n) is 10.9. The normalized spacial score (nSPS) is 12.9. The van der Waals surface area contributed by atoms with Gasteiger partial charge in [-0.2, -0.15) is 0 Å². The van der Waals surface area contributed by atoms with Gasteiger partial charge < -0.3 is 9.47 Å². The molecular formula is C27H36O4. The predicted octanol–water partition coefficient (Wildman–Crippen LogP) is 6.51. The molecule has 0 aliphatic rings. The molecule has 31 heavy (non-hydrogen) atoms. The molecule has 2 rings (SSSR count). The fourth-order valence-corrected chi connectivity index (χ4v) is 3.60. The van der Waals surface area contributed by atoms with Crippen LogP contribution in [0.5, 0.6) is 5.75 Å². The van der Waals surface area contributed by atoms with Crippen LogP contribution in [0.15, 0.2) is 36.4 Å². The fourth-order valence-electron chi connectivity index (χ4n) is 3.60. The Labute approximate surface area is 187 Å². The third kappa shape index (κ3) is 5.96. The van der Waals surface area contributed by atoms with Crippen LogP contribution < -0.4 is 4.74 Å². The molecule has 0 heterocycles. The molecule has 2 aromatic carbocycles. The molecular weight excluding hydrogens is 388 g/mol. The molecule has 1 unspecified atom stereocenters. The maximum atomic E-state index is 13.0. The van der Waals surface area contributed by atoms with E-state index in [2.05, 4.69) is 20.8 Å². The Kier molecular flexibility index (Phi) is 7.36. The van der Waals surface area contributed by atoms with Gasteiger partial charge in [-0.3, -0.25) is 4.79 Å². The Morgan fingerprint density at radius 1 is 0.935 bits per heavy atom. The van der Waals surface area contributed by atoms with Crippen molar-refractivity contribution in [2.75, 3.05) is 6.61 Å². The standard InChI is InChI=1S/C27H36O4/c1-10-30-25(29)22(27(7,8)9)21-16-20(26(4,5)6)15-18(3)23(21)31-24(28)19-13-11-17(2)12-14-19/h11-16,22H,10H2,1-9H3. The Morgan fingerprint density at radius 3 is 2.00 bits per heavy atom. The molecule has 0 fully saturated rings. The molecule has 0 aliphatic heterocycles. The van der Waals surface area contributed by atoms with Gasteiger partial charge in [-0.15, -0.1) is 0 Å². The first-order valence-corrected chi connectivity index (χ1v) is 10.9. The molecule has 0 spiro atoms. The molecule has 2 aromatic rings. The summed E-state index contributed by atoms with van der Waals surface area (Å²) in [4.78, 5) is 26.0. The molecule has 4 heteroatoms. The van der Waals surface area contributed by atoms with E-state index in [-0.39, 0.29) is 11.4 Å². The van der Waals surface area contributed by atoms with E-state index in [1.54, 1.807) is 19.1 Å². The maximum Gasteiger partial charge on any atom is 0.343 e. The minimum Gasteiger partial charge on any atom is -0.466 e. The van der Waals surface area contributed by atoms with E-state index in [9.17, 15) is 9.59 Å². The first kappa shape index (κ1) is 24.6. The Balaban J connectivity index is 2.67.